The van der Waals surface area contributed by atoms with E-state index >= 15 is 0 Å². The van der Waals surface area contributed by atoms with Gasteiger partial charge in [0.1, 0.15) is 0 Å². The van der Waals surface area contributed by atoms with E-state index in [0.717, 1.165) is 12.1 Å². The van der Waals surface area contributed by atoms with Crippen molar-refractivity contribution in [1.29, 1.82) is 0 Å². The molecule has 1 aliphatic heterocycles. The summed E-state index contributed by atoms with van der Waals surface area (Å²) in [4.78, 5) is 0. The van der Waals surface area contributed by atoms with Gasteiger partial charge >= 0.3 is 34.8 Å². The van der Waals surface area contributed by atoms with Crippen LogP contribution in [0.15, 0.2) is 18.2 Å². The Balaban J connectivity index is 2.56. The molecule has 3 nitrogen and oxygen atoms in total. The highest BCUT2D eigenvalue weighted by Gasteiger charge is 2.47. The molecule has 1 aromatic rings. The number of rotatable bonds is 1. The fourth-order valence-corrected chi connectivity index (χ4v) is 1.69. The minimum absolute atomic E-state index is 0.346. The summed E-state index contributed by atoms with van der Waals surface area (Å²) in [5.74, 6) is 0. The summed E-state index contributed by atoms with van der Waals surface area (Å²) in [5.41, 5.74) is -4.44. The molecule has 0 aromatic heterocycles. The van der Waals surface area contributed by atoms with E-state index in [-0.39, 0.29) is 0 Å². The van der Waals surface area contributed by atoms with E-state index in [2.05, 4.69) is 13.7 Å². The predicted octanol–water partition coefficient (Wildman–Crippen LogP) is 1.55. The molecule has 2 rings (SSSR count). The average Bonchev–Trinajstić information content (AvgIpc) is 2.37. The Kier molecular flexibility index (Phi) is 4.08. The highest BCUT2D eigenvalue weighted by atomic mass is 19.4. The van der Waals surface area contributed by atoms with Crippen molar-refractivity contribution in [1.82, 2.24) is 0 Å². The lowest BCUT2D eigenvalue weighted by atomic mass is 9.71. The van der Waals surface area contributed by atoms with E-state index in [1.165, 1.54) is 0 Å². The van der Waals surface area contributed by atoms with Crippen LogP contribution in [0.4, 0.5) is 26.3 Å². The maximum absolute atomic E-state index is 12.9. The second-order valence-electron chi connectivity index (χ2n) is 3.70. The maximum atomic E-state index is 12.9. The lowest BCUT2D eigenvalue weighted by Crippen LogP contribution is -2.47. The van der Waals surface area contributed by atoms with Gasteiger partial charge in [-0.1, -0.05) is 12.1 Å². The molecule has 104 valence electrons. The summed E-state index contributed by atoms with van der Waals surface area (Å²) in [5, 5.41) is 0. The average molecular weight is 294 g/mol. The van der Waals surface area contributed by atoms with Crippen molar-refractivity contribution in [2.45, 2.75) is 12.4 Å². The minimum Gasteiger partial charge on any atom is -0.457 e. The van der Waals surface area contributed by atoms with Gasteiger partial charge in [-0.05, 0) is 11.5 Å². The smallest absolute Gasteiger partial charge is 0.457 e. The Morgan fingerprint density at radius 2 is 1.50 bits per heavy atom. The van der Waals surface area contributed by atoms with E-state index in [1.54, 1.807) is 0 Å². The Labute approximate surface area is 110 Å². The number of benzene rings is 1. The van der Waals surface area contributed by atoms with Crippen molar-refractivity contribution in [2.24, 2.45) is 0 Å². The van der Waals surface area contributed by atoms with Crippen molar-refractivity contribution < 1.29 is 40.1 Å². The molecular weight excluding hydrogens is 291 g/mol. The third kappa shape index (κ3) is 3.13. The van der Waals surface area contributed by atoms with E-state index in [1.807, 2.05) is 0 Å². The summed E-state index contributed by atoms with van der Waals surface area (Å²) >= 11 is 0. The van der Waals surface area contributed by atoms with Gasteiger partial charge < -0.3 is 13.7 Å². The molecule has 0 atom stereocenters. The molecule has 0 bridgehead atoms. The SMILES string of the molecule is FC(F)(F)c1cccc(B2O[B]O[B]O2)c1C(F)(F)F. The van der Waals surface area contributed by atoms with Crippen LogP contribution in [0, 0.1) is 0 Å². The van der Waals surface area contributed by atoms with Crippen LogP contribution in [0.3, 0.4) is 0 Å². The van der Waals surface area contributed by atoms with Crippen LogP contribution in [-0.2, 0) is 26.1 Å². The Bertz CT molecular complexity index is 485. The Hall–Kier alpha value is -1.13. The lowest BCUT2D eigenvalue weighted by molar-refractivity contribution is -0.161. The van der Waals surface area contributed by atoms with E-state index in [9.17, 15) is 26.3 Å². The molecule has 12 heteroatoms. The fraction of sp³-hybridized carbons (Fsp3) is 0.250. The molecule has 1 aromatic carbocycles. The number of hydrogen-bond acceptors (Lipinski definition) is 3. The number of hydrogen-bond donors (Lipinski definition) is 0. The van der Waals surface area contributed by atoms with Gasteiger partial charge in [-0.15, -0.1) is 0 Å². The quantitative estimate of drug-likeness (QED) is 0.581. The molecule has 0 amide bonds. The molecule has 0 spiro atoms. The van der Waals surface area contributed by atoms with Crippen molar-refractivity contribution in [3.8, 4) is 0 Å². The normalized spacial score (nSPS) is 16.6. The molecule has 1 aliphatic rings. The summed E-state index contributed by atoms with van der Waals surface area (Å²) < 4.78 is 90.5. The van der Waals surface area contributed by atoms with Crippen molar-refractivity contribution >= 4 is 28.0 Å². The molecule has 1 fully saturated rings. The van der Waals surface area contributed by atoms with Gasteiger partial charge in [0, 0.05) is 0 Å². The summed E-state index contributed by atoms with van der Waals surface area (Å²) in [6.07, 6.45) is -10.4. The van der Waals surface area contributed by atoms with E-state index < -0.39 is 36.1 Å². The van der Waals surface area contributed by atoms with Crippen molar-refractivity contribution in [3.05, 3.63) is 29.3 Å². The van der Waals surface area contributed by atoms with Crippen LogP contribution in [0.5, 0.6) is 0 Å². The van der Waals surface area contributed by atoms with Crippen LogP contribution < -0.4 is 5.46 Å². The molecule has 1 heterocycles. The topological polar surface area (TPSA) is 27.7 Å². The van der Waals surface area contributed by atoms with Gasteiger partial charge in [0.15, 0.2) is 0 Å². The number of halogens is 6. The zero-order chi connectivity index (χ0) is 15.0. The second-order valence-corrected chi connectivity index (χ2v) is 3.70. The first-order chi connectivity index (χ1) is 9.21. The Morgan fingerprint density at radius 3 is 2.00 bits per heavy atom. The van der Waals surface area contributed by atoms with Gasteiger partial charge in [-0.2, -0.15) is 26.3 Å². The van der Waals surface area contributed by atoms with Gasteiger partial charge in [-0.25, -0.2) is 0 Å². The molecule has 0 saturated carbocycles. The molecule has 1 saturated heterocycles. The van der Waals surface area contributed by atoms with E-state index in [0.29, 0.717) is 21.4 Å². The second kappa shape index (κ2) is 5.34. The summed E-state index contributed by atoms with van der Waals surface area (Å²) in [6.45, 7) is 0. The van der Waals surface area contributed by atoms with Gasteiger partial charge in [0.25, 0.3) is 0 Å². The van der Waals surface area contributed by atoms with Crippen molar-refractivity contribution in [3.63, 3.8) is 0 Å². The molecule has 2 radical (unpaired) electrons. The molecule has 0 unspecified atom stereocenters. The zero-order valence-corrected chi connectivity index (χ0v) is 9.46. The van der Waals surface area contributed by atoms with Gasteiger partial charge in [0.05, 0.1) is 11.1 Å². The first-order valence-electron chi connectivity index (χ1n) is 5.08. The van der Waals surface area contributed by atoms with Crippen LogP contribution >= 0.6 is 0 Å². The summed E-state index contributed by atoms with van der Waals surface area (Å²) in [7, 11) is -0.342. The maximum Gasteiger partial charge on any atom is 0.466 e. The van der Waals surface area contributed by atoms with E-state index in [4.69, 9.17) is 0 Å². The first-order valence-corrected chi connectivity index (χ1v) is 5.08. The highest BCUT2D eigenvalue weighted by Crippen LogP contribution is 2.39. The molecule has 0 N–H and O–H groups in total. The molecular formula is C8H3B3F6O3. The zero-order valence-electron chi connectivity index (χ0n) is 9.46. The summed E-state index contributed by atoms with van der Waals surface area (Å²) in [6, 6.07) is 2.03. The van der Waals surface area contributed by atoms with Gasteiger partial charge in [0.2, 0.25) is 0 Å². The molecule has 0 aliphatic carbocycles. The largest absolute Gasteiger partial charge is 0.466 e. The van der Waals surface area contributed by atoms with Crippen LogP contribution in [0.25, 0.3) is 0 Å². The predicted molar refractivity (Wildman–Crippen MR) is 56.6 cm³/mol. The third-order valence-corrected chi connectivity index (χ3v) is 2.41. The fourth-order valence-electron chi connectivity index (χ4n) is 1.69. The van der Waals surface area contributed by atoms with Crippen LogP contribution in [0.1, 0.15) is 11.1 Å². The monoisotopic (exact) mass is 294 g/mol. The van der Waals surface area contributed by atoms with Gasteiger partial charge in [-0.3, -0.25) is 0 Å². The Morgan fingerprint density at radius 1 is 0.900 bits per heavy atom. The highest BCUT2D eigenvalue weighted by molar-refractivity contribution is 6.72. The standard InChI is InChI=1S/C8H3B3F6O3/c12-7(13,14)4-2-1-3-5(6(4)8(15,16)17)11-19-9-18-10-20-11/h1-3H. The molecule has 20 heavy (non-hydrogen) atoms. The third-order valence-electron chi connectivity index (χ3n) is 2.41. The number of alkyl halides is 6. The van der Waals surface area contributed by atoms with Crippen LogP contribution in [-0.4, -0.2) is 22.5 Å². The van der Waals surface area contributed by atoms with Crippen LogP contribution in [0.2, 0.25) is 0 Å². The lowest BCUT2D eigenvalue weighted by Gasteiger charge is -2.24. The van der Waals surface area contributed by atoms with Crippen molar-refractivity contribution in [2.75, 3.05) is 0 Å². The first kappa shape index (κ1) is 15.3. The minimum atomic E-state index is -5.22.